The summed E-state index contributed by atoms with van der Waals surface area (Å²) in [5.41, 5.74) is 3.58. The van der Waals surface area contributed by atoms with Gasteiger partial charge in [0.15, 0.2) is 0 Å². The molecule has 2 aromatic heterocycles. The fraction of sp³-hybridized carbons (Fsp3) is 0.167. The average molecular weight is 341 g/mol. The molecule has 3 aromatic rings. The Kier molecular flexibility index (Phi) is 4.91. The van der Waals surface area contributed by atoms with E-state index in [1.165, 1.54) is 0 Å². The second-order valence-electron chi connectivity index (χ2n) is 5.50. The quantitative estimate of drug-likeness (QED) is 0.776. The lowest BCUT2D eigenvalue weighted by Crippen LogP contribution is -2.24. The molecule has 0 radical (unpaired) electrons. The normalized spacial score (nSPS) is 10.6. The molecule has 0 unspecified atom stereocenters. The molecule has 0 fully saturated rings. The summed E-state index contributed by atoms with van der Waals surface area (Å²) in [4.78, 5) is 16.4. The minimum atomic E-state index is -0.0668. The van der Waals surface area contributed by atoms with E-state index in [0.717, 1.165) is 22.4 Å². The fourth-order valence-corrected chi connectivity index (χ4v) is 2.58. The molecule has 0 spiro atoms. The van der Waals surface area contributed by atoms with Gasteiger partial charge in [0.05, 0.1) is 18.3 Å². The molecule has 2 heterocycles. The molecule has 0 bridgehead atoms. The van der Waals surface area contributed by atoms with Gasteiger partial charge in [-0.05, 0) is 29.3 Å². The van der Waals surface area contributed by atoms with E-state index in [-0.39, 0.29) is 12.3 Å². The van der Waals surface area contributed by atoms with Crippen molar-refractivity contribution in [3.63, 3.8) is 0 Å². The Morgan fingerprint density at radius 3 is 2.88 bits per heavy atom. The minimum Gasteiger partial charge on any atom is -0.352 e. The summed E-state index contributed by atoms with van der Waals surface area (Å²) in [6.45, 7) is 0.444. The fourth-order valence-electron chi connectivity index (χ4n) is 2.37. The van der Waals surface area contributed by atoms with Gasteiger partial charge in [-0.2, -0.15) is 5.10 Å². The summed E-state index contributed by atoms with van der Waals surface area (Å²) in [7, 11) is 1.86. The van der Waals surface area contributed by atoms with Crippen LogP contribution in [0.3, 0.4) is 0 Å². The van der Waals surface area contributed by atoms with E-state index in [1.54, 1.807) is 23.1 Å². The van der Waals surface area contributed by atoms with Crippen molar-refractivity contribution >= 4 is 17.5 Å². The number of carbonyl (C=O) groups excluding carboxylic acids is 1. The van der Waals surface area contributed by atoms with Gasteiger partial charge in [-0.3, -0.25) is 14.5 Å². The van der Waals surface area contributed by atoms with E-state index >= 15 is 0 Å². The van der Waals surface area contributed by atoms with Gasteiger partial charge < -0.3 is 5.32 Å². The maximum absolute atomic E-state index is 12.1. The molecule has 0 saturated heterocycles. The number of aryl methyl sites for hydroxylation is 1. The number of nitrogens with zero attached hydrogens (tertiary/aromatic N) is 3. The molecule has 0 saturated carbocycles. The van der Waals surface area contributed by atoms with Gasteiger partial charge in [0.1, 0.15) is 0 Å². The van der Waals surface area contributed by atoms with Crippen LogP contribution in [-0.2, 0) is 24.8 Å². The van der Waals surface area contributed by atoms with Gasteiger partial charge in [-0.25, -0.2) is 0 Å². The van der Waals surface area contributed by atoms with Crippen molar-refractivity contribution in [2.24, 2.45) is 7.05 Å². The van der Waals surface area contributed by atoms with Crippen LogP contribution in [0.25, 0.3) is 11.3 Å². The lowest BCUT2D eigenvalue weighted by atomic mass is 10.1. The van der Waals surface area contributed by atoms with E-state index in [9.17, 15) is 4.79 Å². The third kappa shape index (κ3) is 4.00. The number of amides is 1. The van der Waals surface area contributed by atoms with Gasteiger partial charge in [0.25, 0.3) is 0 Å². The number of pyridine rings is 1. The zero-order valence-corrected chi connectivity index (χ0v) is 14.0. The predicted molar refractivity (Wildman–Crippen MR) is 93.4 cm³/mol. The Labute approximate surface area is 145 Å². The molecule has 6 heteroatoms. The van der Waals surface area contributed by atoms with Gasteiger partial charge in [0, 0.05) is 36.6 Å². The summed E-state index contributed by atoms with van der Waals surface area (Å²) in [5.74, 6) is -0.0668. The molecule has 5 nitrogen and oxygen atoms in total. The number of aromatic nitrogens is 3. The first kappa shape index (κ1) is 16.2. The summed E-state index contributed by atoms with van der Waals surface area (Å²) >= 11 is 6.08. The van der Waals surface area contributed by atoms with Crippen LogP contribution in [0.2, 0.25) is 5.02 Å². The smallest absolute Gasteiger partial charge is 0.224 e. The lowest BCUT2D eigenvalue weighted by molar-refractivity contribution is -0.120. The zero-order chi connectivity index (χ0) is 16.9. The third-order valence-corrected chi connectivity index (χ3v) is 3.99. The molecule has 0 aliphatic heterocycles. The van der Waals surface area contributed by atoms with Crippen molar-refractivity contribution in [1.82, 2.24) is 20.1 Å². The van der Waals surface area contributed by atoms with Crippen LogP contribution in [0.4, 0.5) is 0 Å². The Morgan fingerprint density at radius 2 is 2.12 bits per heavy atom. The first-order valence-electron chi connectivity index (χ1n) is 7.56. The minimum absolute atomic E-state index is 0.0668. The van der Waals surface area contributed by atoms with E-state index in [2.05, 4.69) is 15.4 Å². The van der Waals surface area contributed by atoms with Crippen molar-refractivity contribution < 1.29 is 4.79 Å². The first-order chi connectivity index (χ1) is 11.6. The molecule has 0 atom stereocenters. The molecular weight excluding hydrogens is 324 g/mol. The number of hydrogen-bond acceptors (Lipinski definition) is 3. The molecule has 0 aliphatic carbocycles. The van der Waals surface area contributed by atoms with Crippen molar-refractivity contribution in [1.29, 1.82) is 0 Å². The molecular formula is C18H17ClN4O. The number of benzene rings is 1. The van der Waals surface area contributed by atoms with Crippen molar-refractivity contribution in [2.75, 3.05) is 0 Å². The van der Waals surface area contributed by atoms with E-state index < -0.39 is 0 Å². The Hall–Kier alpha value is -2.66. The number of hydrogen-bond donors (Lipinski definition) is 1. The molecule has 0 aliphatic rings. The van der Waals surface area contributed by atoms with Gasteiger partial charge >= 0.3 is 0 Å². The van der Waals surface area contributed by atoms with Crippen molar-refractivity contribution in [2.45, 2.75) is 13.0 Å². The van der Waals surface area contributed by atoms with Crippen LogP contribution >= 0.6 is 11.6 Å². The molecule has 24 heavy (non-hydrogen) atoms. The first-order valence-corrected chi connectivity index (χ1v) is 7.93. The van der Waals surface area contributed by atoms with Crippen molar-refractivity contribution in [3.05, 3.63) is 71.1 Å². The SMILES string of the molecule is Cn1cc(-c2cc(CNC(=O)Cc3ccccc3Cl)ccn2)cn1. The molecule has 1 amide bonds. The van der Waals surface area contributed by atoms with Crippen LogP contribution in [0, 0.1) is 0 Å². The highest BCUT2D eigenvalue weighted by molar-refractivity contribution is 6.31. The lowest BCUT2D eigenvalue weighted by Gasteiger charge is -2.07. The highest BCUT2D eigenvalue weighted by atomic mass is 35.5. The van der Waals surface area contributed by atoms with Crippen LogP contribution in [0.1, 0.15) is 11.1 Å². The standard InChI is InChI=1S/C18H17ClN4O/c1-23-12-15(11-22-23)17-8-13(6-7-20-17)10-21-18(24)9-14-4-2-3-5-16(14)19/h2-8,11-12H,9-10H2,1H3,(H,21,24). The molecule has 1 aromatic carbocycles. The summed E-state index contributed by atoms with van der Waals surface area (Å²) in [6, 6.07) is 11.2. The summed E-state index contributed by atoms with van der Waals surface area (Å²) in [6.07, 6.45) is 5.67. The largest absolute Gasteiger partial charge is 0.352 e. The number of carbonyl (C=O) groups is 1. The van der Waals surface area contributed by atoms with Crippen LogP contribution in [-0.4, -0.2) is 20.7 Å². The highest BCUT2D eigenvalue weighted by Gasteiger charge is 2.07. The van der Waals surface area contributed by atoms with E-state index in [1.807, 2.05) is 43.6 Å². The molecule has 122 valence electrons. The van der Waals surface area contributed by atoms with E-state index in [4.69, 9.17) is 11.6 Å². The third-order valence-electron chi connectivity index (χ3n) is 3.62. The second kappa shape index (κ2) is 7.27. The highest BCUT2D eigenvalue weighted by Crippen LogP contribution is 2.17. The maximum Gasteiger partial charge on any atom is 0.224 e. The summed E-state index contributed by atoms with van der Waals surface area (Å²) < 4.78 is 1.73. The Morgan fingerprint density at radius 1 is 1.29 bits per heavy atom. The van der Waals surface area contributed by atoms with E-state index in [0.29, 0.717) is 11.6 Å². The molecule has 3 rings (SSSR count). The number of nitrogens with one attached hydrogen (secondary N) is 1. The molecule has 1 N–H and O–H groups in total. The van der Waals surface area contributed by atoms with Gasteiger partial charge in [-0.15, -0.1) is 0 Å². The topological polar surface area (TPSA) is 59.8 Å². The van der Waals surface area contributed by atoms with Gasteiger partial charge in [-0.1, -0.05) is 29.8 Å². The van der Waals surface area contributed by atoms with Crippen LogP contribution in [0.5, 0.6) is 0 Å². The van der Waals surface area contributed by atoms with Gasteiger partial charge in [0.2, 0.25) is 5.91 Å². The Bertz CT molecular complexity index is 859. The van der Waals surface area contributed by atoms with Crippen LogP contribution in [0.15, 0.2) is 55.0 Å². The monoisotopic (exact) mass is 340 g/mol. The van der Waals surface area contributed by atoms with Crippen LogP contribution < -0.4 is 5.32 Å². The zero-order valence-electron chi connectivity index (χ0n) is 13.2. The Balaban J connectivity index is 1.62. The summed E-state index contributed by atoms with van der Waals surface area (Å²) in [5, 5.41) is 7.67. The number of rotatable bonds is 5. The maximum atomic E-state index is 12.1. The van der Waals surface area contributed by atoms with Crippen molar-refractivity contribution in [3.8, 4) is 11.3 Å². The second-order valence-corrected chi connectivity index (χ2v) is 5.90. The predicted octanol–water partition coefficient (Wildman–Crippen LogP) is 2.99. The number of halogens is 1. The average Bonchev–Trinajstić information content (AvgIpc) is 3.02.